The van der Waals surface area contributed by atoms with E-state index in [-0.39, 0.29) is 0 Å². The Morgan fingerprint density at radius 3 is 2.73 bits per heavy atom. The summed E-state index contributed by atoms with van der Waals surface area (Å²) in [6, 6.07) is 5.91. The minimum Gasteiger partial charge on any atom is -0.399 e. The van der Waals surface area contributed by atoms with Crippen LogP contribution in [0, 0.1) is 5.92 Å². The number of hydrogen-bond acceptors (Lipinski definition) is 2. The second kappa shape index (κ2) is 4.88. The Bertz CT molecular complexity index is 332. The van der Waals surface area contributed by atoms with Crippen molar-refractivity contribution in [3.05, 3.63) is 22.7 Å². The lowest BCUT2D eigenvalue weighted by molar-refractivity contribution is 0.580. The van der Waals surface area contributed by atoms with E-state index in [1.54, 1.807) is 0 Å². The molecule has 3 heteroatoms. The SMILES string of the molecule is Nc1ccc(NCC2CCCC2)c(Br)c1. The molecule has 1 aliphatic carbocycles. The second-order valence-electron chi connectivity index (χ2n) is 4.27. The predicted octanol–water partition coefficient (Wildman–Crippen LogP) is 3.63. The lowest BCUT2D eigenvalue weighted by atomic mass is 10.1. The highest BCUT2D eigenvalue weighted by atomic mass is 79.9. The van der Waals surface area contributed by atoms with Gasteiger partial charge in [-0.05, 0) is 52.9 Å². The zero-order valence-electron chi connectivity index (χ0n) is 8.80. The van der Waals surface area contributed by atoms with Crippen LogP contribution >= 0.6 is 15.9 Å². The van der Waals surface area contributed by atoms with E-state index in [1.807, 2.05) is 18.2 Å². The molecule has 1 saturated carbocycles. The molecule has 0 saturated heterocycles. The van der Waals surface area contributed by atoms with Gasteiger partial charge in [0, 0.05) is 22.4 Å². The maximum Gasteiger partial charge on any atom is 0.0486 e. The molecule has 0 heterocycles. The topological polar surface area (TPSA) is 38.0 Å². The summed E-state index contributed by atoms with van der Waals surface area (Å²) in [7, 11) is 0. The monoisotopic (exact) mass is 268 g/mol. The number of nitrogens with two attached hydrogens (primary N) is 1. The van der Waals surface area contributed by atoms with Crippen LogP contribution in [0.2, 0.25) is 0 Å². The number of hydrogen-bond donors (Lipinski definition) is 2. The number of nitrogen functional groups attached to an aromatic ring is 1. The van der Waals surface area contributed by atoms with Crippen LogP contribution in [-0.4, -0.2) is 6.54 Å². The van der Waals surface area contributed by atoms with E-state index in [1.165, 1.54) is 25.7 Å². The minimum absolute atomic E-state index is 0.799. The van der Waals surface area contributed by atoms with Crippen LogP contribution in [0.1, 0.15) is 25.7 Å². The van der Waals surface area contributed by atoms with Crippen molar-refractivity contribution in [3.63, 3.8) is 0 Å². The molecule has 0 bridgehead atoms. The third-order valence-corrected chi connectivity index (χ3v) is 3.71. The van der Waals surface area contributed by atoms with Crippen molar-refractivity contribution >= 4 is 27.3 Å². The Morgan fingerprint density at radius 1 is 1.33 bits per heavy atom. The van der Waals surface area contributed by atoms with Crippen LogP contribution in [0.3, 0.4) is 0 Å². The quantitative estimate of drug-likeness (QED) is 0.822. The molecule has 1 fully saturated rings. The van der Waals surface area contributed by atoms with Crippen LogP contribution in [0.5, 0.6) is 0 Å². The van der Waals surface area contributed by atoms with Gasteiger partial charge in [0.15, 0.2) is 0 Å². The summed E-state index contributed by atoms with van der Waals surface area (Å²) in [6.45, 7) is 1.09. The molecule has 1 aromatic rings. The van der Waals surface area contributed by atoms with E-state index in [2.05, 4.69) is 21.2 Å². The van der Waals surface area contributed by atoms with Crippen molar-refractivity contribution in [3.8, 4) is 0 Å². The summed E-state index contributed by atoms with van der Waals surface area (Å²) in [4.78, 5) is 0. The largest absolute Gasteiger partial charge is 0.399 e. The normalized spacial score (nSPS) is 16.9. The predicted molar refractivity (Wildman–Crippen MR) is 69.0 cm³/mol. The van der Waals surface area contributed by atoms with E-state index >= 15 is 0 Å². The highest BCUT2D eigenvalue weighted by Crippen LogP contribution is 2.28. The molecule has 0 unspecified atom stereocenters. The summed E-state index contributed by atoms with van der Waals surface area (Å²) >= 11 is 3.51. The van der Waals surface area contributed by atoms with Gasteiger partial charge in [0.25, 0.3) is 0 Å². The number of anilines is 2. The Hall–Kier alpha value is -0.700. The lowest BCUT2D eigenvalue weighted by Gasteiger charge is -2.13. The van der Waals surface area contributed by atoms with Gasteiger partial charge in [0.2, 0.25) is 0 Å². The molecule has 0 spiro atoms. The van der Waals surface area contributed by atoms with E-state index in [0.29, 0.717) is 0 Å². The average molecular weight is 269 g/mol. The van der Waals surface area contributed by atoms with E-state index in [4.69, 9.17) is 5.73 Å². The molecule has 82 valence electrons. The van der Waals surface area contributed by atoms with Crippen LogP contribution in [0.15, 0.2) is 22.7 Å². The lowest BCUT2D eigenvalue weighted by Crippen LogP contribution is -2.11. The number of nitrogens with one attached hydrogen (secondary N) is 1. The van der Waals surface area contributed by atoms with Gasteiger partial charge in [-0.25, -0.2) is 0 Å². The minimum atomic E-state index is 0.799. The van der Waals surface area contributed by atoms with Crippen LogP contribution in [-0.2, 0) is 0 Å². The summed E-state index contributed by atoms with van der Waals surface area (Å²) < 4.78 is 1.06. The maximum absolute atomic E-state index is 5.69. The van der Waals surface area contributed by atoms with Crippen molar-refractivity contribution < 1.29 is 0 Å². The molecule has 0 aliphatic heterocycles. The molecule has 0 atom stereocenters. The molecular formula is C12H17BrN2. The van der Waals surface area contributed by atoms with Gasteiger partial charge in [-0.1, -0.05) is 12.8 Å². The summed E-state index contributed by atoms with van der Waals surface area (Å²) in [6.07, 6.45) is 5.55. The van der Waals surface area contributed by atoms with Crippen molar-refractivity contribution in [2.24, 2.45) is 5.92 Å². The fourth-order valence-corrected chi connectivity index (χ4v) is 2.68. The summed E-state index contributed by atoms with van der Waals surface area (Å²) in [5.41, 5.74) is 7.64. The summed E-state index contributed by atoms with van der Waals surface area (Å²) in [5.74, 6) is 0.856. The van der Waals surface area contributed by atoms with Crippen molar-refractivity contribution in [2.45, 2.75) is 25.7 Å². The van der Waals surface area contributed by atoms with E-state index in [9.17, 15) is 0 Å². The third kappa shape index (κ3) is 2.88. The fraction of sp³-hybridized carbons (Fsp3) is 0.500. The molecule has 3 N–H and O–H groups in total. The number of benzene rings is 1. The molecule has 1 aromatic carbocycles. The fourth-order valence-electron chi connectivity index (χ4n) is 2.14. The van der Waals surface area contributed by atoms with Gasteiger partial charge >= 0.3 is 0 Å². The van der Waals surface area contributed by atoms with Crippen LogP contribution < -0.4 is 11.1 Å². The second-order valence-corrected chi connectivity index (χ2v) is 5.13. The first kappa shape index (κ1) is 10.8. The van der Waals surface area contributed by atoms with Crippen molar-refractivity contribution in [1.82, 2.24) is 0 Å². The first-order valence-electron chi connectivity index (χ1n) is 5.54. The molecular weight excluding hydrogens is 252 g/mol. The van der Waals surface area contributed by atoms with E-state index < -0.39 is 0 Å². The summed E-state index contributed by atoms with van der Waals surface area (Å²) in [5, 5.41) is 3.48. The molecule has 1 aliphatic rings. The van der Waals surface area contributed by atoms with Crippen LogP contribution in [0.4, 0.5) is 11.4 Å². The Kier molecular flexibility index (Phi) is 3.52. The Balaban J connectivity index is 1.92. The number of rotatable bonds is 3. The van der Waals surface area contributed by atoms with Crippen LogP contribution in [0.25, 0.3) is 0 Å². The van der Waals surface area contributed by atoms with Gasteiger partial charge in [0.05, 0.1) is 0 Å². The third-order valence-electron chi connectivity index (χ3n) is 3.05. The highest BCUT2D eigenvalue weighted by Gasteiger charge is 2.14. The first-order valence-corrected chi connectivity index (χ1v) is 6.34. The molecule has 0 amide bonds. The Morgan fingerprint density at radius 2 is 2.07 bits per heavy atom. The zero-order valence-corrected chi connectivity index (χ0v) is 10.4. The Labute approximate surface area is 99.4 Å². The molecule has 2 rings (SSSR count). The number of halogens is 1. The van der Waals surface area contributed by atoms with E-state index in [0.717, 1.165) is 28.3 Å². The van der Waals surface area contributed by atoms with Crippen molar-refractivity contribution in [2.75, 3.05) is 17.6 Å². The molecule has 15 heavy (non-hydrogen) atoms. The standard InChI is InChI=1S/C12H17BrN2/c13-11-7-10(14)5-6-12(11)15-8-9-3-1-2-4-9/h5-7,9,15H,1-4,8,14H2. The smallest absolute Gasteiger partial charge is 0.0486 e. The average Bonchev–Trinajstić information content (AvgIpc) is 2.69. The van der Waals surface area contributed by atoms with Gasteiger partial charge in [-0.3, -0.25) is 0 Å². The zero-order chi connectivity index (χ0) is 10.7. The van der Waals surface area contributed by atoms with Gasteiger partial charge in [-0.2, -0.15) is 0 Å². The first-order chi connectivity index (χ1) is 7.25. The van der Waals surface area contributed by atoms with Gasteiger partial charge in [-0.15, -0.1) is 0 Å². The molecule has 0 radical (unpaired) electrons. The molecule has 2 nitrogen and oxygen atoms in total. The maximum atomic E-state index is 5.69. The van der Waals surface area contributed by atoms with Crippen molar-refractivity contribution in [1.29, 1.82) is 0 Å². The van der Waals surface area contributed by atoms with Gasteiger partial charge in [0.1, 0.15) is 0 Å². The highest BCUT2D eigenvalue weighted by molar-refractivity contribution is 9.10. The molecule has 0 aromatic heterocycles. The van der Waals surface area contributed by atoms with Gasteiger partial charge < -0.3 is 11.1 Å².